The molecule has 4 aliphatic carbocycles. The molecule has 0 radical (unpaired) electrons. The molecule has 3 fully saturated rings. The fourth-order valence-corrected chi connectivity index (χ4v) is 7.89. The van der Waals surface area contributed by atoms with E-state index in [1.807, 2.05) is 13.0 Å². The van der Waals surface area contributed by atoms with Gasteiger partial charge in [0, 0.05) is 25.9 Å². The lowest BCUT2D eigenvalue weighted by Crippen LogP contribution is -2.60. The Labute approximate surface area is 191 Å². The van der Waals surface area contributed by atoms with E-state index in [0.717, 1.165) is 38.5 Å². The van der Waals surface area contributed by atoms with Gasteiger partial charge in [-0.1, -0.05) is 19.4 Å². The third kappa shape index (κ3) is 3.49. The van der Waals surface area contributed by atoms with Crippen LogP contribution in [0.4, 0.5) is 0 Å². The quantitative estimate of drug-likeness (QED) is 0.445. The van der Waals surface area contributed by atoms with Gasteiger partial charge in [-0.3, -0.25) is 14.4 Å². The summed E-state index contributed by atoms with van der Waals surface area (Å²) in [6.07, 6.45) is 8.49. The smallest absolute Gasteiger partial charge is 0.303 e. The molecule has 178 valence electrons. The second-order valence-electron chi connectivity index (χ2n) is 10.9. The van der Waals surface area contributed by atoms with E-state index in [0.29, 0.717) is 30.6 Å². The molecule has 4 rings (SSSR count). The number of esters is 1. The average Bonchev–Trinajstić information content (AvgIpc) is 3.05. The predicted octanol–water partition coefficient (Wildman–Crippen LogP) is 4.40. The summed E-state index contributed by atoms with van der Waals surface area (Å²) in [5.74, 6) is 1.08. The van der Waals surface area contributed by atoms with Crippen LogP contribution in [0.1, 0.15) is 79.1 Å². The number of ketones is 2. The van der Waals surface area contributed by atoms with E-state index >= 15 is 0 Å². The fourth-order valence-electron chi connectivity index (χ4n) is 7.89. The summed E-state index contributed by atoms with van der Waals surface area (Å²) in [6, 6.07) is 0. The van der Waals surface area contributed by atoms with E-state index in [9.17, 15) is 14.4 Å². The van der Waals surface area contributed by atoms with Gasteiger partial charge in [0.1, 0.15) is 5.60 Å². The molecule has 6 heteroatoms. The van der Waals surface area contributed by atoms with Crippen LogP contribution >= 0.6 is 0 Å². The number of methoxy groups -OCH3 is 1. The van der Waals surface area contributed by atoms with Gasteiger partial charge in [-0.2, -0.15) is 0 Å². The molecule has 4 aliphatic rings. The number of carbonyl (C=O) groups is 3. The number of Topliss-reactive ketones (excluding diaryl/α,β-unsaturated/α-hetero) is 1. The Morgan fingerprint density at radius 1 is 1.09 bits per heavy atom. The number of allylic oxidation sites excluding steroid dienone is 1. The Morgan fingerprint density at radius 2 is 1.81 bits per heavy atom. The van der Waals surface area contributed by atoms with Crippen molar-refractivity contribution < 1.29 is 28.6 Å². The van der Waals surface area contributed by atoms with Crippen LogP contribution < -0.4 is 0 Å². The maximum Gasteiger partial charge on any atom is 0.303 e. The van der Waals surface area contributed by atoms with Crippen LogP contribution in [-0.4, -0.2) is 43.1 Å². The van der Waals surface area contributed by atoms with E-state index in [2.05, 4.69) is 13.8 Å². The largest absolute Gasteiger partial charge is 0.458 e. The number of carbonyl (C=O) groups excluding carboxylic acids is 3. The van der Waals surface area contributed by atoms with Gasteiger partial charge in [0.25, 0.3) is 0 Å². The number of hydrogen-bond acceptors (Lipinski definition) is 6. The molecule has 0 bridgehead atoms. The summed E-state index contributed by atoms with van der Waals surface area (Å²) in [7, 11) is 1.58. The van der Waals surface area contributed by atoms with Crippen molar-refractivity contribution in [1.82, 2.24) is 0 Å². The number of rotatable bonds is 6. The lowest BCUT2D eigenvalue weighted by molar-refractivity contribution is -0.234. The van der Waals surface area contributed by atoms with Gasteiger partial charge in [0.15, 0.2) is 18.7 Å². The lowest BCUT2D eigenvalue weighted by atomic mass is 9.46. The van der Waals surface area contributed by atoms with Gasteiger partial charge in [-0.15, -0.1) is 0 Å². The summed E-state index contributed by atoms with van der Waals surface area (Å²) in [6.45, 7) is 7.47. The van der Waals surface area contributed by atoms with Crippen molar-refractivity contribution in [2.75, 3.05) is 13.7 Å². The highest BCUT2D eigenvalue weighted by atomic mass is 16.7. The monoisotopic (exact) mass is 446 g/mol. The second kappa shape index (κ2) is 8.35. The minimum absolute atomic E-state index is 0.0891. The zero-order valence-electron chi connectivity index (χ0n) is 20.2. The third-order valence-corrected chi connectivity index (χ3v) is 9.64. The third-order valence-electron chi connectivity index (χ3n) is 9.64. The normalized spacial score (nSPS) is 41.7. The topological polar surface area (TPSA) is 78.9 Å². The summed E-state index contributed by atoms with van der Waals surface area (Å²) < 4.78 is 17.0. The van der Waals surface area contributed by atoms with Crippen LogP contribution in [0.15, 0.2) is 11.6 Å². The maximum atomic E-state index is 13.6. The average molecular weight is 447 g/mol. The molecule has 0 spiro atoms. The van der Waals surface area contributed by atoms with Gasteiger partial charge < -0.3 is 14.2 Å². The summed E-state index contributed by atoms with van der Waals surface area (Å²) >= 11 is 0. The Morgan fingerprint density at radius 3 is 2.50 bits per heavy atom. The SMILES string of the molecule is COC(C)O[C@]1(C(=O)COC(C)=O)CC[C@H]2[C@@H]3CCC4=CC(=O)CC[C@]4(C)[C@H]3CC[C@@]21C. The fraction of sp³-hybridized carbons (Fsp3) is 0.808. The first-order valence-corrected chi connectivity index (χ1v) is 12.2. The standard InChI is InChI=1S/C26H38O6/c1-16(27)31-15-23(29)26(32-17(2)30-5)13-10-22-20-7-6-18-14-19(28)8-11-24(18,3)21(20)9-12-25(22,26)4/h14,17,20-22H,6-13,15H2,1-5H3/t17?,20-,21+,22+,24+,25+,26+/m1/s1. The molecule has 0 aromatic heterocycles. The molecule has 1 unspecified atom stereocenters. The van der Waals surface area contributed by atoms with E-state index in [-0.39, 0.29) is 29.0 Å². The Bertz CT molecular complexity index is 832. The Balaban J connectivity index is 1.66. The molecule has 0 heterocycles. The van der Waals surface area contributed by atoms with Crippen molar-refractivity contribution in [3.63, 3.8) is 0 Å². The molecule has 32 heavy (non-hydrogen) atoms. The number of fused-ring (bicyclic) bond motifs is 5. The molecule has 0 aromatic carbocycles. The molecular weight excluding hydrogens is 408 g/mol. The Kier molecular flexibility index (Phi) is 6.17. The first kappa shape index (κ1) is 23.6. The van der Waals surface area contributed by atoms with Gasteiger partial charge in [-0.05, 0) is 81.1 Å². The van der Waals surface area contributed by atoms with Crippen LogP contribution in [0, 0.1) is 28.6 Å². The predicted molar refractivity (Wildman–Crippen MR) is 119 cm³/mol. The van der Waals surface area contributed by atoms with Crippen molar-refractivity contribution in [3.8, 4) is 0 Å². The van der Waals surface area contributed by atoms with E-state index in [1.165, 1.54) is 12.5 Å². The molecule has 0 amide bonds. The van der Waals surface area contributed by atoms with Gasteiger partial charge >= 0.3 is 5.97 Å². The molecule has 0 aromatic rings. The summed E-state index contributed by atoms with van der Waals surface area (Å²) in [4.78, 5) is 37.1. The maximum absolute atomic E-state index is 13.6. The first-order chi connectivity index (χ1) is 15.1. The second-order valence-corrected chi connectivity index (χ2v) is 10.9. The summed E-state index contributed by atoms with van der Waals surface area (Å²) in [5, 5.41) is 0. The molecule has 0 aliphatic heterocycles. The van der Waals surface area contributed by atoms with Gasteiger partial charge in [-0.25, -0.2) is 0 Å². The zero-order chi connectivity index (χ0) is 23.3. The number of ether oxygens (including phenoxy) is 3. The van der Waals surface area contributed by atoms with Crippen LogP contribution in [0.5, 0.6) is 0 Å². The highest BCUT2D eigenvalue weighted by Gasteiger charge is 2.67. The molecule has 0 saturated heterocycles. The highest BCUT2D eigenvalue weighted by Crippen LogP contribution is 2.68. The van der Waals surface area contributed by atoms with Gasteiger partial charge in [0.2, 0.25) is 5.78 Å². The van der Waals surface area contributed by atoms with Crippen molar-refractivity contribution in [1.29, 1.82) is 0 Å². The molecule has 3 saturated carbocycles. The van der Waals surface area contributed by atoms with Crippen LogP contribution in [0.3, 0.4) is 0 Å². The van der Waals surface area contributed by atoms with Crippen molar-refractivity contribution in [2.24, 2.45) is 28.6 Å². The first-order valence-electron chi connectivity index (χ1n) is 12.2. The number of hydrogen-bond donors (Lipinski definition) is 0. The molecule has 7 atom stereocenters. The Hall–Kier alpha value is -1.53. The van der Waals surface area contributed by atoms with E-state index in [4.69, 9.17) is 14.2 Å². The lowest BCUT2D eigenvalue weighted by Gasteiger charge is -2.59. The minimum atomic E-state index is -1.01. The van der Waals surface area contributed by atoms with Crippen molar-refractivity contribution in [2.45, 2.75) is 91.0 Å². The zero-order valence-corrected chi connectivity index (χ0v) is 20.2. The van der Waals surface area contributed by atoms with Crippen molar-refractivity contribution in [3.05, 3.63) is 11.6 Å². The highest BCUT2D eigenvalue weighted by molar-refractivity contribution is 5.92. The van der Waals surface area contributed by atoms with Crippen molar-refractivity contribution >= 4 is 17.5 Å². The van der Waals surface area contributed by atoms with Crippen LogP contribution in [0.2, 0.25) is 0 Å². The molecular formula is C26H38O6. The molecule has 6 nitrogen and oxygen atoms in total. The summed E-state index contributed by atoms with van der Waals surface area (Å²) in [5.41, 5.74) is 0.0946. The van der Waals surface area contributed by atoms with Gasteiger partial charge in [0.05, 0.1) is 0 Å². The van der Waals surface area contributed by atoms with E-state index < -0.39 is 17.9 Å². The van der Waals surface area contributed by atoms with E-state index in [1.54, 1.807) is 7.11 Å². The minimum Gasteiger partial charge on any atom is -0.458 e. The molecule has 0 N–H and O–H groups in total. The van der Waals surface area contributed by atoms with Crippen LogP contribution in [-0.2, 0) is 28.6 Å². The van der Waals surface area contributed by atoms with Crippen LogP contribution in [0.25, 0.3) is 0 Å².